The van der Waals surface area contributed by atoms with E-state index in [4.69, 9.17) is 10.5 Å². The van der Waals surface area contributed by atoms with Crippen molar-refractivity contribution >= 4 is 17.6 Å². The maximum Gasteiger partial charge on any atom is 0.314 e. The summed E-state index contributed by atoms with van der Waals surface area (Å²) in [7, 11) is 1.30. The van der Waals surface area contributed by atoms with E-state index in [1.165, 1.54) is 7.11 Å². The van der Waals surface area contributed by atoms with Crippen molar-refractivity contribution in [2.75, 3.05) is 19.5 Å². The zero-order valence-corrected chi connectivity index (χ0v) is 11.4. The lowest BCUT2D eigenvalue weighted by atomic mass is 9.95. The molecule has 0 radical (unpaired) electrons. The number of methoxy groups -OCH3 is 1. The third-order valence-corrected chi connectivity index (χ3v) is 2.63. The lowest BCUT2D eigenvalue weighted by Gasteiger charge is -2.20. The van der Waals surface area contributed by atoms with Crippen molar-refractivity contribution in [3.05, 3.63) is 29.8 Å². The van der Waals surface area contributed by atoms with Crippen molar-refractivity contribution in [2.24, 2.45) is 5.41 Å². The second-order valence-corrected chi connectivity index (χ2v) is 4.96. The molecule has 5 nitrogen and oxygen atoms in total. The Morgan fingerprint density at radius 3 is 2.58 bits per heavy atom. The fourth-order valence-corrected chi connectivity index (χ4v) is 1.52. The number of ether oxygens (including phenoxy) is 2. The molecule has 1 aromatic carbocycles. The van der Waals surface area contributed by atoms with Crippen molar-refractivity contribution in [3.8, 4) is 0 Å². The van der Waals surface area contributed by atoms with Crippen LogP contribution in [0.5, 0.6) is 0 Å². The molecular weight excluding hydrogens is 246 g/mol. The van der Waals surface area contributed by atoms with Crippen LogP contribution in [0.2, 0.25) is 0 Å². The van der Waals surface area contributed by atoms with Gasteiger partial charge < -0.3 is 15.2 Å². The van der Waals surface area contributed by atoms with Crippen LogP contribution in [0.25, 0.3) is 0 Å². The highest BCUT2D eigenvalue weighted by molar-refractivity contribution is 5.77. The number of hydrogen-bond donors (Lipinski definition) is 1. The highest BCUT2D eigenvalue weighted by Crippen LogP contribution is 2.18. The average molecular weight is 265 g/mol. The van der Waals surface area contributed by atoms with Gasteiger partial charge in [-0.1, -0.05) is 12.1 Å². The molecule has 1 rings (SSSR count). The number of rotatable bonds is 5. The van der Waals surface area contributed by atoms with E-state index < -0.39 is 17.4 Å². The molecule has 0 amide bonds. The van der Waals surface area contributed by atoms with E-state index >= 15 is 0 Å². The molecule has 1 aromatic rings. The molecule has 0 unspecified atom stereocenters. The fourth-order valence-electron chi connectivity index (χ4n) is 1.52. The van der Waals surface area contributed by atoms with E-state index in [1.54, 1.807) is 38.1 Å². The van der Waals surface area contributed by atoms with Crippen molar-refractivity contribution < 1.29 is 19.1 Å². The number of nitrogen functional groups attached to an aromatic ring is 1. The second-order valence-electron chi connectivity index (χ2n) is 4.96. The number of carbonyl (C=O) groups excluding carboxylic acids is 2. The zero-order valence-electron chi connectivity index (χ0n) is 11.4. The number of nitrogens with two attached hydrogens (primary N) is 1. The first-order chi connectivity index (χ1) is 8.85. The first-order valence-electron chi connectivity index (χ1n) is 5.93. The third kappa shape index (κ3) is 4.62. The number of carbonyl (C=O) groups is 2. The number of esters is 2. The van der Waals surface area contributed by atoms with Gasteiger partial charge in [0.05, 0.1) is 18.9 Å². The van der Waals surface area contributed by atoms with Crippen LogP contribution in [0.1, 0.15) is 19.4 Å². The smallest absolute Gasteiger partial charge is 0.314 e. The Balaban J connectivity index is 2.51. The van der Waals surface area contributed by atoms with Crippen LogP contribution in [-0.4, -0.2) is 25.7 Å². The summed E-state index contributed by atoms with van der Waals surface area (Å²) in [5, 5.41) is 0. The largest absolute Gasteiger partial charge is 0.469 e. The van der Waals surface area contributed by atoms with Gasteiger partial charge in [0, 0.05) is 5.69 Å². The summed E-state index contributed by atoms with van der Waals surface area (Å²) in [5.41, 5.74) is 6.15. The summed E-state index contributed by atoms with van der Waals surface area (Å²) in [4.78, 5) is 23.1. The molecule has 0 fully saturated rings. The topological polar surface area (TPSA) is 78.6 Å². The van der Waals surface area contributed by atoms with Crippen molar-refractivity contribution in [2.45, 2.75) is 20.3 Å². The van der Waals surface area contributed by atoms with Gasteiger partial charge in [-0.3, -0.25) is 9.59 Å². The van der Waals surface area contributed by atoms with Crippen LogP contribution >= 0.6 is 0 Å². The van der Waals surface area contributed by atoms with E-state index in [0.29, 0.717) is 5.69 Å². The normalized spacial score (nSPS) is 10.9. The molecule has 0 saturated carbocycles. The van der Waals surface area contributed by atoms with E-state index in [1.807, 2.05) is 0 Å². The summed E-state index contributed by atoms with van der Waals surface area (Å²) < 4.78 is 9.73. The summed E-state index contributed by atoms with van der Waals surface area (Å²) >= 11 is 0. The number of anilines is 1. The van der Waals surface area contributed by atoms with E-state index in [9.17, 15) is 9.59 Å². The van der Waals surface area contributed by atoms with Crippen LogP contribution in [0.15, 0.2) is 24.3 Å². The number of hydrogen-bond acceptors (Lipinski definition) is 5. The van der Waals surface area contributed by atoms with Crippen molar-refractivity contribution in [3.63, 3.8) is 0 Å². The molecule has 0 bridgehead atoms. The standard InChI is InChI=1S/C14H19NO4/c1-14(2,13(17)18-3)9-19-12(16)8-10-5-4-6-11(15)7-10/h4-7H,8-9,15H2,1-3H3. The summed E-state index contributed by atoms with van der Waals surface area (Å²) in [5.74, 6) is -0.813. The first kappa shape index (κ1) is 15.0. The second kappa shape index (κ2) is 6.22. The Morgan fingerprint density at radius 2 is 2.00 bits per heavy atom. The molecule has 104 valence electrons. The van der Waals surface area contributed by atoms with Crippen molar-refractivity contribution in [1.29, 1.82) is 0 Å². The maximum atomic E-state index is 11.7. The molecular formula is C14H19NO4. The van der Waals surface area contributed by atoms with Crippen LogP contribution < -0.4 is 5.73 Å². The predicted molar refractivity (Wildman–Crippen MR) is 71.3 cm³/mol. The molecule has 0 aliphatic rings. The molecule has 0 aliphatic heterocycles. The summed E-state index contributed by atoms with van der Waals surface area (Å²) in [6.45, 7) is 3.31. The lowest BCUT2D eigenvalue weighted by molar-refractivity contribution is -0.158. The van der Waals surface area contributed by atoms with E-state index in [-0.39, 0.29) is 13.0 Å². The molecule has 5 heteroatoms. The monoisotopic (exact) mass is 265 g/mol. The minimum atomic E-state index is -0.847. The van der Waals surface area contributed by atoms with Gasteiger partial charge >= 0.3 is 11.9 Å². The molecule has 0 spiro atoms. The van der Waals surface area contributed by atoms with Gasteiger partial charge in [-0.25, -0.2) is 0 Å². The predicted octanol–water partition coefficient (Wildman–Crippen LogP) is 1.55. The molecule has 19 heavy (non-hydrogen) atoms. The Bertz CT molecular complexity index is 468. The average Bonchev–Trinajstić information content (AvgIpc) is 2.35. The zero-order chi connectivity index (χ0) is 14.5. The molecule has 0 saturated heterocycles. The minimum Gasteiger partial charge on any atom is -0.469 e. The molecule has 2 N–H and O–H groups in total. The molecule has 0 heterocycles. The van der Waals surface area contributed by atoms with Gasteiger partial charge in [0.1, 0.15) is 6.61 Å². The SMILES string of the molecule is COC(=O)C(C)(C)COC(=O)Cc1cccc(N)c1. The van der Waals surface area contributed by atoms with Gasteiger partial charge in [0.2, 0.25) is 0 Å². The van der Waals surface area contributed by atoms with Crippen LogP contribution in [0.3, 0.4) is 0 Å². The number of benzene rings is 1. The highest BCUT2D eigenvalue weighted by Gasteiger charge is 2.30. The lowest BCUT2D eigenvalue weighted by Crippen LogP contribution is -2.32. The van der Waals surface area contributed by atoms with E-state index in [0.717, 1.165) is 5.56 Å². The Labute approximate surface area is 112 Å². The third-order valence-electron chi connectivity index (χ3n) is 2.63. The fraction of sp³-hybridized carbons (Fsp3) is 0.429. The molecule has 0 aromatic heterocycles. The molecule has 0 atom stereocenters. The highest BCUT2D eigenvalue weighted by atomic mass is 16.5. The summed E-state index contributed by atoms with van der Waals surface area (Å²) in [6.07, 6.45) is 0.127. The van der Waals surface area contributed by atoms with Gasteiger partial charge in [-0.15, -0.1) is 0 Å². The Kier molecular flexibility index (Phi) is 4.92. The first-order valence-corrected chi connectivity index (χ1v) is 5.93. The van der Waals surface area contributed by atoms with E-state index in [2.05, 4.69) is 4.74 Å². The van der Waals surface area contributed by atoms with Crippen LogP contribution in [-0.2, 0) is 25.5 Å². The van der Waals surface area contributed by atoms with Crippen LogP contribution in [0.4, 0.5) is 5.69 Å². The van der Waals surface area contributed by atoms with Gasteiger partial charge in [0.25, 0.3) is 0 Å². The van der Waals surface area contributed by atoms with Crippen molar-refractivity contribution in [1.82, 2.24) is 0 Å². The van der Waals surface area contributed by atoms with Gasteiger partial charge in [-0.05, 0) is 31.5 Å². The van der Waals surface area contributed by atoms with Gasteiger partial charge in [-0.2, -0.15) is 0 Å². The van der Waals surface area contributed by atoms with Gasteiger partial charge in [0.15, 0.2) is 0 Å². The quantitative estimate of drug-likeness (QED) is 0.645. The summed E-state index contributed by atoms with van der Waals surface area (Å²) in [6, 6.07) is 7.03. The maximum absolute atomic E-state index is 11.7. The van der Waals surface area contributed by atoms with Crippen LogP contribution in [0, 0.1) is 5.41 Å². The molecule has 0 aliphatic carbocycles. The Morgan fingerprint density at radius 1 is 1.32 bits per heavy atom. The minimum absolute atomic E-state index is 0.0131. The Hall–Kier alpha value is -2.04.